The molecule has 198 valence electrons. The minimum Gasteiger partial charge on any atom is -0.367 e. The highest BCUT2D eigenvalue weighted by Crippen LogP contribution is 2.31. The maximum absolute atomic E-state index is 13.5. The summed E-state index contributed by atoms with van der Waals surface area (Å²) in [6, 6.07) is 24.9. The number of hydrogen-bond donors (Lipinski definition) is 0. The van der Waals surface area contributed by atoms with Crippen LogP contribution in [0.25, 0.3) is 0 Å². The van der Waals surface area contributed by atoms with E-state index in [4.69, 9.17) is 4.74 Å². The van der Waals surface area contributed by atoms with Crippen molar-refractivity contribution in [2.45, 2.75) is 50.3 Å². The monoisotopic (exact) mass is 526 g/mol. The number of ether oxygens (including phenoxy) is 1. The van der Waals surface area contributed by atoms with Gasteiger partial charge in [-0.2, -0.15) is 0 Å². The van der Waals surface area contributed by atoms with Crippen LogP contribution in [0.3, 0.4) is 0 Å². The molecule has 2 heterocycles. The van der Waals surface area contributed by atoms with Gasteiger partial charge in [0.05, 0.1) is 6.61 Å². The van der Waals surface area contributed by atoms with Crippen molar-refractivity contribution in [2.75, 3.05) is 32.8 Å². The molecule has 2 aliphatic rings. The lowest BCUT2D eigenvalue weighted by molar-refractivity contribution is 0.0574. The molecule has 37 heavy (non-hydrogen) atoms. The van der Waals surface area contributed by atoms with E-state index < -0.39 is 0 Å². The highest BCUT2D eigenvalue weighted by atomic mass is 35.5. The van der Waals surface area contributed by atoms with Crippen molar-refractivity contribution >= 4 is 12.4 Å². The fraction of sp³-hybridized carbons (Fsp3) is 0.419. The Morgan fingerprint density at radius 3 is 2.03 bits per heavy atom. The summed E-state index contributed by atoms with van der Waals surface area (Å²) >= 11 is 0. The predicted octanol–water partition coefficient (Wildman–Crippen LogP) is 6.66. The highest BCUT2D eigenvalue weighted by Gasteiger charge is 2.36. The Morgan fingerprint density at radius 2 is 1.38 bits per heavy atom. The molecule has 2 fully saturated rings. The number of likely N-dealkylation sites (tertiary alicyclic amines) is 1. The first-order valence-electron chi connectivity index (χ1n) is 13.3. The third kappa shape index (κ3) is 7.38. The van der Waals surface area contributed by atoms with Crippen molar-refractivity contribution in [3.63, 3.8) is 0 Å². The molecule has 2 unspecified atom stereocenters. The van der Waals surface area contributed by atoms with Gasteiger partial charge in [-0.1, -0.05) is 54.6 Å². The van der Waals surface area contributed by atoms with E-state index in [0.717, 1.165) is 37.2 Å². The Morgan fingerprint density at radius 1 is 0.757 bits per heavy atom. The van der Waals surface area contributed by atoms with Crippen LogP contribution in [0.4, 0.5) is 8.78 Å². The van der Waals surface area contributed by atoms with Gasteiger partial charge >= 0.3 is 0 Å². The summed E-state index contributed by atoms with van der Waals surface area (Å²) in [5, 5.41) is 0. The van der Waals surface area contributed by atoms with Crippen LogP contribution in [0.1, 0.15) is 48.5 Å². The molecule has 0 saturated carbocycles. The van der Waals surface area contributed by atoms with Gasteiger partial charge < -0.3 is 4.74 Å². The number of rotatable bonds is 10. The molecule has 0 N–H and O–H groups in total. The Bertz CT molecular complexity index is 1040. The van der Waals surface area contributed by atoms with Crippen LogP contribution in [0.15, 0.2) is 78.9 Å². The van der Waals surface area contributed by atoms with E-state index in [9.17, 15) is 8.78 Å². The zero-order valence-electron chi connectivity index (χ0n) is 21.3. The molecule has 5 rings (SSSR count). The van der Waals surface area contributed by atoms with Gasteiger partial charge in [-0.3, -0.25) is 9.80 Å². The normalized spacial score (nSPS) is 20.1. The van der Waals surface area contributed by atoms with Gasteiger partial charge in [-0.25, -0.2) is 8.78 Å². The van der Waals surface area contributed by atoms with E-state index in [1.807, 2.05) is 0 Å². The van der Waals surface area contributed by atoms with Crippen LogP contribution in [-0.2, 0) is 11.2 Å². The van der Waals surface area contributed by atoms with E-state index in [2.05, 4.69) is 40.1 Å². The number of halogens is 3. The quantitative estimate of drug-likeness (QED) is 0.293. The Hall–Kier alpha value is -2.31. The number of fused-ring (bicyclic) bond motifs is 2. The van der Waals surface area contributed by atoms with E-state index in [0.29, 0.717) is 18.7 Å². The lowest BCUT2D eigenvalue weighted by atomic mass is 10.0. The molecule has 2 bridgehead atoms. The van der Waals surface area contributed by atoms with E-state index in [1.54, 1.807) is 24.3 Å². The van der Waals surface area contributed by atoms with Crippen LogP contribution in [-0.4, -0.2) is 54.7 Å². The molecule has 0 radical (unpaired) electrons. The Labute approximate surface area is 225 Å². The molecule has 2 atom stereocenters. The average Bonchev–Trinajstić information content (AvgIpc) is 3.18. The van der Waals surface area contributed by atoms with Crippen molar-refractivity contribution in [3.05, 3.63) is 107 Å². The summed E-state index contributed by atoms with van der Waals surface area (Å²) in [7, 11) is 0. The van der Waals surface area contributed by atoms with Crippen LogP contribution >= 0.6 is 12.4 Å². The lowest BCUT2D eigenvalue weighted by Crippen LogP contribution is -2.40. The van der Waals surface area contributed by atoms with E-state index in [1.165, 1.54) is 62.1 Å². The van der Waals surface area contributed by atoms with Crippen LogP contribution in [0.5, 0.6) is 0 Å². The zero-order valence-corrected chi connectivity index (χ0v) is 22.1. The maximum Gasteiger partial charge on any atom is 0.123 e. The number of nitrogens with zero attached hydrogens (tertiary/aromatic N) is 2. The fourth-order valence-corrected chi connectivity index (χ4v) is 5.88. The second-order valence-corrected chi connectivity index (χ2v) is 10.2. The Kier molecular flexibility index (Phi) is 10.1. The Balaban J connectivity index is 0.00000320. The summed E-state index contributed by atoms with van der Waals surface area (Å²) in [4.78, 5) is 5.31. The molecule has 2 saturated heterocycles. The zero-order chi connectivity index (χ0) is 24.7. The highest BCUT2D eigenvalue weighted by molar-refractivity contribution is 5.85. The van der Waals surface area contributed by atoms with Gasteiger partial charge in [0.25, 0.3) is 0 Å². The molecule has 0 amide bonds. The molecule has 0 aliphatic carbocycles. The summed E-state index contributed by atoms with van der Waals surface area (Å²) in [5.74, 6) is -0.547. The topological polar surface area (TPSA) is 15.7 Å². The largest absolute Gasteiger partial charge is 0.367 e. The summed E-state index contributed by atoms with van der Waals surface area (Å²) in [5.41, 5.74) is 3.18. The number of aryl methyl sites for hydroxylation is 1. The molecule has 3 aromatic carbocycles. The van der Waals surface area contributed by atoms with Crippen molar-refractivity contribution in [1.82, 2.24) is 9.80 Å². The second-order valence-electron chi connectivity index (χ2n) is 10.2. The lowest BCUT2D eigenvalue weighted by Gasteiger charge is -2.29. The minimum absolute atomic E-state index is 0. The molecule has 3 aromatic rings. The number of benzene rings is 3. The van der Waals surface area contributed by atoms with Crippen molar-refractivity contribution in [3.8, 4) is 0 Å². The predicted molar refractivity (Wildman–Crippen MR) is 147 cm³/mol. The molecular formula is C31H37ClF2N2O. The second kappa shape index (κ2) is 13.5. The van der Waals surface area contributed by atoms with Crippen LogP contribution in [0, 0.1) is 11.6 Å². The van der Waals surface area contributed by atoms with Gasteiger partial charge in [0, 0.05) is 25.2 Å². The molecule has 0 aromatic heterocycles. The van der Waals surface area contributed by atoms with Crippen LogP contribution < -0.4 is 0 Å². The standard InChI is InChI=1S/C31H36F2N2O.ClH/c32-27-12-8-25(9-13-27)31(26-10-14-28(33)15-11-26)36-22-21-34-20-18-29-16-17-30(23-34)35(29)19-4-7-24-5-2-1-3-6-24;/h1-3,5-6,8-15,29-31H,4,7,16-23H2;1H. The maximum atomic E-state index is 13.5. The molecule has 3 nitrogen and oxygen atoms in total. The average molecular weight is 527 g/mol. The fourth-order valence-electron chi connectivity index (χ4n) is 5.88. The van der Waals surface area contributed by atoms with Gasteiger partial charge in [0.15, 0.2) is 0 Å². The van der Waals surface area contributed by atoms with Crippen LogP contribution in [0.2, 0.25) is 0 Å². The third-order valence-electron chi connectivity index (χ3n) is 7.78. The van der Waals surface area contributed by atoms with Gasteiger partial charge in [0.2, 0.25) is 0 Å². The first-order valence-corrected chi connectivity index (χ1v) is 13.3. The van der Waals surface area contributed by atoms with Gasteiger partial charge in [0.1, 0.15) is 17.7 Å². The van der Waals surface area contributed by atoms with Gasteiger partial charge in [-0.15, -0.1) is 12.4 Å². The third-order valence-corrected chi connectivity index (χ3v) is 7.78. The summed E-state index contributed by atoms with van der Waals surface area (Å²) in [6.07, 6.45) is 5.81. The van der Waals surface area contributed by atoms with E-state index >= 15 is 0 Å². The summed E-state index contributed by atoms with van der Waals surface area (Å²) in [6.45, 7) is 4.79. The van der Waals surface area contributed by atoms with E-state index in [-0.39, 0.29) is 30.1 Å². The SMILES string of the molecule is Cl.Fc1ccc(C(OCCN2CCC3CCC(C2)N3CCCc2ccccc2)c2ccc(F)cc2)cc1. The van der Waals surface area contributed by atoms with Crippen molar-refractivity contribution < 1.29 is 13.5 Å². The van der Waals surface area contributed by atoms with Crippen molar-refractivity contribution in [1.29, 1.82) is 0 Å². The first-order chi connectivity index (χ1) is 17.7. The summed E-state index contributed by atoms with van der Waals surface area (Å²) < 4.78 is 33.4. The minimum atomic E-state index is -0.343. The molecular weight excluding hydrogens is 490 g/mol. The molecule has 2 aliphatic heterocycles. The number of hydrogen-bond acceptors (Lipinski definition) is 3. The van der Waals surface area contributed by atoms with Gasteiger partial charge in [-0.05, 0) is 86.1 Å². The first kappa shape index (κ1) is 27.7. The molecule has 0 spiro atoms. The van der Waals surface area contributed by atoms with Crippen molar-refractivity contribution in [2.24, 2.45) is 0 Å². The smallest absolute Gasteiger partial charge is 0.123 e. The molecule has 6 heteroatoms.